The summed E-state index contributed by atoms with van der Waals surface area (Å²) >= 11 is 0. The van der Waals surface area contributed by atoms with Crippen LogP contribution in [0.1, 0.15) is 170 Å². The van der Waals surface area contributed by atoms with Crippen molar-refractivity contribution in [2.75, 3.05) is 0 Å². The van der Waals surface area contributed by atoms with E-state index in [1.165, 1.54) is 19.3 Å². The van der Waals surface area contributed by atoms with Crippen LogP contribution >= 0.6 is 0 Å². The summed E-state index contributed by atoms with van der Waals surface area (Å²) in [5, 5.41) is 55.7. The van der Waals surface area contributed by atoms with Crippen LogP contribution in [0.15, 0.2) is 23.8 Å². The first kappa shape index (κ1) is 45.9. The first-order valence-electron chi connectivity index (χ1n) is 24.1. The van der Waals surface area contributed by atoms with Crippen molar-refractivity contribution in [3.63, 3.8) is 0 Å². The van der Waals surface area contributed by atoms with Crippen molar-refractivity contribution in [1.29, 1.82) is 0 Å². The predicted molar refractivity (Wildman–Crippen MR) is 228 cm³/mol. The molecule has 0 aromatic carbocycles. The average Bonchev–Trinajstić information content (AvgIpc) is 3.62. The Morgan fingerprint density at radius 2 is 1.71 bits per heavy atom. The maximum Gasteiger partial charge on any atom is 0.308 e. The molecule has 0 saturated heterocycles. The molecule has 4 fully saturated rings. The molecular weight excluding hydrogens is 729 g/mol. The molecule has 0 amide bonds. The third-order valence-corrected chi connectivity index (χ3v) is 17.5. The first-order valence-corrected chi connectivity index (χ1v) is 24.1. The number of aliphatic hydroxyl groups excluding tert-OH is 4. The van der Waals surface area contributed by atoms with E-state index >= 15 is 0 Å². The smallest absolute Gasteiger partial charge is 0.308 e. The monoisotopic (exact) mass is 811 g/mol. The van der Waals surface area contributed by atoms with Crippen LogP contribution in [0, 0.1) is 70.5 Å². The first-order chi connectivity index (χ1) is 27.6. The summed E-state index contributed by atoms with van der Waals surface area (Å²) < 4.78 is 6.40. The minimum atomic E-state index is -1.03. The second-order valence-electron chi connectivity index (χ2n) is 21.3. The third kappa shape index (κ3) is 10.2. The zero-order valence-electron chi connectivity index (χ0n) is 37.1. The van der Waals surface area contributed by atoms with Gasteiger partial charge in [-0.15, -0.1) is 0 Å². The molecule has 5 N–H and O–H groups in total. The van der Waals surface area contributed by atoms with Crippen molar-refractivity contribution in [2.45, 2.75) is 206 Å². The number of ether oxygens (including phenoxy) is 1. The number of rotatable bonds is 18. The van der Waals surface area contributed by atoms with Crippen LogP contribution < -0.4 is 0 Å². The number of hydrogen-bond donors (Lipinski definition) is 5. The molecule has 6 aliphatic rings. The van der Waals surface area contributed by atoms with Gasteiger partial charge in [-0.1, -0.05) is 78.5 Å². The fourth-order valence-corrected chi connectivity index (χ4v) is 14.2. The molecule has 6 rings (SSSR count). The molecule has 0 bridgehead atoms. The molecule has 58 heavy (non-hydrogen) atoms. The van der Waals surface area contributed by atoms with Crippen molar-refractivity contribution in [3.05, 3.63) is 23.8 Å². The largest absolute Gasteiger partial charge is 0.462 e. The molecule has 0 aromatic heterocycles. The zero-order valence-corrected chi connectivity index (χ0v) is 37.1. The number of hydrogen-bond acceptors (Lipinski definition) is 8. The molecule has 8 nitrogen and oxygen atoms in total. The predicted octanol–water partition coefficient (Wildman–Crippen LogP) is 8.89. The molecule has 0 aromatic rings. The molecule has 0 spiro atoms. The highest BCUT2D eigenvalue weighted by Crippen LogP contribution is 2.65. The number of unbranched alkanes of at least 4 members (excludes halogenated alkanes) is 3. The van der Waals surface area contributed by atoms with E-state index < -0.39 is 36.0 Å². The molecule has 0 aliphatic heterocycles. The van der Waals surface area contributed by atoms with Gasteiger partial charge in [0, 0.05) is 18.3 Å². The van der Waals surface area contributed by atoms with E-state index in [1.807, 2.05) is 19.9 Å². The normalized spacial score (nSPS) is 40.8. The highest BCUT2D eigenvalue weighted by Gasteiger charge is 2.61. The van der Waals surface area contributed by atoms with Gasteiger partial charge in [0.25, 0.3) is 0 Å². The van der Waals surface area contributed by atoms with Gasteiger partial charge in [0.2, 0.25) is 0 Å². The minimum Gasteiger partial charge on any atom is -0.462 e. The van der Waals surface area contributed by atoms with Gasteiger partial charge < -0.3 is 30.3 Å². The maximum atomic E-state index is 13.7. The summed E-state index contributed by atoms with van der Waals surface area (Å²) in [4.78, 5) is 26.8. The van der Waals surface area contributed by atoms with E-state index in [1.54, 1.807) is 0 Å². The topological polar surface area (TPSA) is 145 Å². The number of aliphatic hydroxyl groups is 5. The SMILES string of the molecule is CCCCCC[C@](C)(O)[C@H]1CCC2C3C[C@H](OC(=O)C[C@H](O)C[C@H](O)CC[C@@H]4[C@@H]5C(=C[C@@H](O)C[C@@H]5CC(=O)[C@H](C)CC)C=C[C@@H]4C)[C@H]4C[C@@H](O)CC[C@]4(C)C3CCC21. The quantitative estimate of drug-likeness (QED) is 0.0683. The summed E-state index contributed by atoms with van der Waals surface area (Å²) in [6.07, 6.45) is 19.3. The summed E-state index contributed by atoms with van der Waals surface area (Å²) in [6, 6.07) is 0. The summed E-state index contributed by atoms with van der Waals surface area (Å²) in [7, 11) is 0. The van der Waals surface area contributed by atoms with Crippen LogP contribution in [0.5, 0.6) is 0 Å². The Morgan fingerprint density at radius 3 is 2.45 bits per heavy atom. The number of allylic oxidation sites excluding steroid dienone is 3. The van der Waals surface area contributed by atoms with Crippen molar-refractivity contribution in [3.8, 4) is 0 Å². The highest BCUT2D eigenvalue weighted by molar-refractivity contribution is 5.81. The van der Waals surface area contributed by atoms with E-state index in [4.69, 9.17) is 4.74 Å². The van der Waals surface area contributed by atoms with E-state index in [9.17, 15) is 35.1 Å². The van der Waals surface area contributed by atoms with Crippen LogP contribution in [-0.2, 0) is 14.3 Å². The van der Waals surface area contributed by atoms with Gasteiger partial charge in [0.05, 0.1) is 36.4 Å². The van der Waals surface area contributed by atoms with E-state index in [0.717, 1.165) is 76.2 Å². The summed E-state index contributed by atoms with van der Waals surface area (Å²) in [6.45, 7) is 12.9. The Balaban J connectivity index is 1.06. The lowest BCUT2D eigenvalue weighted by molar-refractivity contribution is -0.190. The van der Waals surface area contributed by atoms with Crippen LogP contribution in [0.2, 0.25) is 0 Å². The Hall–Kier alpha value is -1.58. The Labute approximate surface area is 351 Å². The molecule has 330 valence electrons. The van der Waals surface area contributed by atoms with Gasteiger partial charge in [-0.3, -0.25) is 9.59 Å². The van der Waals surface area contributed by atoms with Crippen molar-refractivity contribution < 1.29 is 39.9 Å². The summed E-state index contributed by atoms with van der Waals surface area (Å²) in [5.74, 6) is 2.83. The number of carbonyl (C=O) groups is 2. The lowest BCUT2D eigenvalue weighted by Gasteiger charge is -2.61. The Morgan fingerprint density at radius 1 is 0.948 bits per heavy atom. The standard InChI is InChI=1S/C50H82O8/c1-7-9-10-11-21-50(6,57)43-19-16-39-40(43)17-18-42-41(39)29-46(44-27-35(52)20-22-49(42,44)5)58-47(56)28-37(54)26-34(51)14-15-38-31(4)12-13-32-23-36(53)24-33(48(32)38)25-45(55)30(3)8-2/h12-13,23,30-31,33-44,46,48,51-54,57H,7-11,14-22,24-29H2,1-6H3/t30-,31+,33-,34-,35+,36-,37-,38+,39?,40?,41?,42?,43+,44-,46+,48-,49-,50+/m1/s1. The molecule has 6 aliphatic carbocycles. The second-order valence-corrected chi connectivity index (χ2v) is 21.3. The molecule has 4 saturated carbocycles. The van der Waals surface area contributed by atoms with Crippen molar-refractivity contribution >= 4 is 11.8 Å². The van der Waals surface area contributed by atoms with Gasteiger partial charge in [0.15, 0.2) is 0 Å². The molecule has 4 unspecified atom stereocenters. The van der Waals surface area contributed by atoms with E-state index in [2.05, 4.69) is 39.8 Å². The van der Waals surface area contributed by atoms with Crippen LogP contribution in [0.4, 0.5) is 0 Å². The Kier molecular flexibility index (Phi) is 15.6. The number of carbonyl (C=O) groups excluding carboxylic acids is 2. The van der Waals surface area contributed by atoms with Crippen LogP contribution in [0.3, 0.4) is 0 Å². The van der Waals surface area contributed by atoms with Gasteiger partial charge in [-0.05, 0) is 161 Å². The molecule has 18 atom stereocenters. The van der Waals surface area contributed by atoms with Gasteiger partial charge in [-0.2, -0.15) is 0 Å². The Bertz CT molecular complexity index is 1440. The average molecular weight is 811 g/mol. The van der Waals surface area contributed by atoms with Crippen molar-refractivity contribution in [1.82, 2.24) is 0 Å². The fourth-order valence-electron chi connectivity index (χ4n) is 14.2. The van der Waals surface area contributed by atoms with Gasteiger partial charge in [0.1, 0.15) is 11.9 Å². The lowest BCUT2D eigenvalue weighted by atomic mass is 9.46. The second kappa shape index (κ2) is 19.6. The molecule has 8 heteroatoms. The fraction of sp³-hybridized carbons (Fsp3) is 0.880. The summed E-state index contributed by atoms with van der Waals surface area (Å²) in [5.41, 5.74) is 0.423. The maximum absolute atomic E-state index is 13.7. The van der Waals surface area contributed by atoms with E-state index in [0.29, 0.717) is 55.3 Å². The molecular formula is C50H82O8. The van der Waals surface area contributed by atoms with Crippen LogP contribution in [-0.4, -0.2) is 73.4 Å². The van der Waals surface area contributed by atoms with Gasteiger partial charge in [-0.25, -0.2) is 0 Å². The number of fused-ring (bicyclic) bond motifs is 6. The number of Topliss-reactive ketones (excluding diaryl/α,β-unsaturated/α-hetero) is 1. The third-order valence-electron chi connectivity index (χ3n) is 17.5. The minimum absolute atomic E-state index is 0.00147. The van der Waals surface area contributed by atoms with E-state index in [-0.39, 0.29) is 65.7 Å². The zero-order chi connectivity index (χ0) is 41.9. The number of ketones is 1. The molecule has 0 heterocycles. The lowest BCUT2D eigenvalue weighted by Crippen LogP contribution is -2.58. The highest BCUT2D eigenvalue weighted by atomic mass is 16.5. The molecule has 0 radical (unpaired) electrons. The van der Waals surface area contributed by atoms with Crippen LogP contribution in [0.25, 0.3) is 0 Å². The number of esters is 1. The van der Waals surface area contributed by atoms with Crippen molar-refractivity contribution in [2.24, 2.45) is 70.5 Å². The van der Waals surface area contributed by atoms with Gasteiger partial charge >= 0.3 is 5.97 Å².